The summed E-state index contributed by atoms with van der Waals surface area (Å²) in [6, 6.07) is 4.56. The van der Waals surface area contributed by atoms with Crippen LogP contribution in [0.1, 0.15) is 51.5 Å². The molecule has 0 aromatic heterocycles. The molecule has 1 aromatic rings. The number of aliphatic hydroxyl groups is 1. The van der Waals surface area contributed by atoms with Crippen LogP contribution in [-0.2, 0) is 25.5 Å². The summed E-state index contributed by atoms with van der Waals surface area (Å²) in [5.41, 5.74) is -0.800. The molecule has 0 radical (unpaired) electrons. The third kappa shape index (κ3) is 8.37. The molecule has 2 bridgehead atoms. The third-order valence-electron chi connectivity index (χ3n) is 6.00. The molecular formula is C26H33F3O6. The normalized spacial score (nSPS) is 25.1. The SMILES string of the molecule is CC(C)OC(=O)CCCC=CC[C@@H]1[C@@H](C=C[C@@H](O)COc2cccc(C(F)(F)F)c2)[C@H]2C[C@@H]1OO2. The summed E-state index contributed by atoms with van der Waals surface area (Å²) in [4.78, 5) is 22.3. The van der Waals surface area contributed by atoms with Crippen molar-refractivity contribution in [2.75, 3.05) is 6.61 Å². The maximum Gasteiger partial charge on any atom is 0.416 e. The molecule has 35 heavy (non-hydrogen) atoms. The van der Waals surface area contributed by atoms with Crippen molar-refractivity contribution in [3.05, 3.63) is 54.1 Å². The Hall–Kier alpha value is -2.36. The minimum absolute atomic E-state index is 0.0289. The summed E-state index contributed by atoms with van der Waals surface area (Å²) in [7, 11) is 0. The van der Waals surface area contributed by atoms with E-state index in [1.165, 1.54) is 12.1 Å². The first-order valence-electron chi connectivity index (χ1n) is 12.0. The fourth-order valence-electron chi connectivity index (χ4n) is 4.33. The van der Waals surface area contributed by atoms with Crippen molar-refractivity contribution in [2.24, 2.45) is 11.8 Å². The van der Waals surface area contributed by atoms with E-state index in [0.717, 1.165) is 37.8 Å². The Morgan fingerprint density at radius 2 is 2.00 bits per heavy atom. The van der Waals surface area contributed by atoms with Crippen LogP contribution in [0.5, 0.6) is 5.75 Å². The summed E-state index contributed by atoms with van der Waals surface area (Å²) in [6.45, 7) is 3.48. The summed E-state index contributed by atoms with van der Waals surface area (Å²) in [6.07, 6.45) is 5.37. The first-order valence-corrected chi connectivity index (χ1v) is 12.0. The van der Waals surface area contributed by atoms with E-state index >= 15 is 0 Å². The van der Waals surface area contributed by atoms with Gasteiger partial charge in [-0.15, -0.1) is 0 Å². The van der Waals surface area contributed by atoms with Crippen molar-refractivity contribution in [1.82, 2.24) is 0 Å². The standard InChI is InChI=1S/C26H33F3O6/c1-17(2)33-25(31)11-6-4-3-5-10-21-22(24-15-23(21)34-35-24)13-12-19(30)16-32-20-9-7-8-18(14-20)26(27,28)29/h3,5,7-9,12-14,17,19,21-24,30H,4,6,10-11,15-16H2,1-2H3/t19-,21-,22-,23+,24-/m1/s1. The smallest absolute Gasteiger partial charge is 0.416 e. The second kappa shape index (κ2) is 12.6. The number of fused-ring (bicyclic) bond motifs is 2. The van der Waals surface area contributed by atoms with Crippen LogP contribution in [0.15, 0.2) is 48.6 Å². The van der Waals surface area contributed by atoms with Gasteiger partial charge in [0.2, 0.25) is 0 Å². The number of unbranched alkanes of at least 4 members (excludes halogenated alkanes) is 1. The average Bonchev–Trinajstić information content (AvgIpc) is 3.39. The van der Waals surface area contributed by atoms with Gasteiger partial charge in [0.05, 0.1) is 17.8 Å². The highest BCUT2D eigenvalue weighted by Gasteiger charge is 2.49. The number of carbonyl (C=O) groups is 1. The van der Waals surface area contributed by atoms with Crippen molar-refractivity contribution in [2.45, 2.75) is 76.5 Å². The number of rotatable bonds is 12. The van der Waals surface area contributed by atoms with Crippen LogP contribution in [0.25, 0.3) is 0 Å². The Morgan fingerprint density at radius 1 is 1.23 bits per heavy atom. The van der Waals surface area contributed by atoms with Gasteiger partial charge < -0.3 is 14.6 Å². The molecule has 2 aliphatic rings. The monoisotopic (exact) mass is 498 g/mol. The number of benzene rings is 1. The maximum absolute atomic E-state index is 12.8. The summed E-state index contributed by atoms with van der Waals surface area (Å²) >= 11 is 0. The zero-order valence-electron chi connectivity index (χ0n) is 19.9. The molecular weight excluding hydrogens is 465 g/mol. The molecule has 0 amide bonds. The third-order valence-corrected chi connectivity index (χ3v) is 6.00. The van der Waals surface area contributed by atoms with E-state index in [4.69, 9.17) is 19.2 Å². The molecule has 2 fully saturated rings. The minimum Gasteiger partial charge on any atom is -0.491 e. The van der Waals surface area contributed by atoms with Gasteiger partial charge in [0.1, 0.15) is 24.6 Å². The van der Waals surface area contributed by atoms with E-state index in [1.807, 2.05) is 26.0 Å². The molecule has 1 saturated carbocycles. The summed E-state index contributed by atoms with van der Waals surface area (Å²) in [5, 5.41) is 10.3. The lowest BCUT2D eigenvalue weighted by molar-refractivity contribution is -0.336. The second-order valence-corrected chi connectivity index (χ2v) is 9.17. The molecule has 9 heteroatoms. The second-order valence-electron chi connectivity index (χ2n) is 9.17. The Morgan fingerprint density at radius 3 is 2.74 bits per heavy atom. The van der Waals surface area contributed by atoms with E-state index in [-0.39, 0.29) is 48.5 Å². The number of ether oxygens (including phenoxy) is 2. The molecule has 1 aromatic carbocycles. The predicted molar refractivity (Wildman–Crippen MR) is 122 cm³/mol. The molecule has 0 unspecified atom stereocenters. The highest BCUT2D eigenvalue weighted by Crippen LogP contribution is 2.45. The fourth-order valence-corrected chi connectivity index (χ4v) is 4.33. The average molecular weight is 499 g/mol. The highest BCUT2D eigenvalue weighted by atomic mass is 19.4. The molecule has 1 saturated heterocycles. The maximum atomic E-state index is 12.8. The van der Waals surface area contributed by atoms with Gasteiger partial charge in [0.25, 0.3) is 0 Å². The van der Waals surface area contributed by atoms with Crippen LogP contribution in [0.4, 0.5) is 13.2 Å². The number of halogens is 3. The molecule has 1 heterocycles. The van der Waals surface area contributed by atoms with Gasteiger partial charge in [-0.05, 0) is 51.3 Å². The van der Waals surface area contributed by atoms with Crippen molar-refractivity contribution < 1.29 is 42.3 Å². The lowest BCUT2D eigenvalue weighted by Crippen LogP contribution is -2.29. The van der Waals surface area contributed by atoms with E-state index in [9.17, 15) is 23.1 Å². The van der Waals surface area contributed by atoms with Crippen LogP contribution in [0, 0.1) is 11.8 Å². The van der Waals surface area contributed by atoms with Crippen LogP contribution in [-0.4, -0.2) is 42.1 Å². The van der Waals surface area contributed by atoms with Crippen molar-refractivity contribution in [3.8, 4) is 5.75 Å². The van der Waals surface area contributed by atoms with E-state index in [2.05, 4.69) is 6.08 Å². The van der Waals surface area contributed by atoms with Crippen molar-refractivity contribution in [3.63, 3.8) is 0 Å². The van der Waals surface area contributed by atoms with E-state index in [1.54, 1.807) is 6.08 Å². The Bertz CT molecular complexity index is 882. The topological polar surface area (TPSA) is 74.2 Å². The minimum atomic E-state index is -4.45. The number of alkyl halides is 3. The van der Waals surface area contributed by atoms with E-state index in [0.29, 0.717) is 6.42 Å². The number of esters is 1. The highest BCUT2D eigenvalue weighted by molar-refractivity contribution is 5.69. The molecule has 5 atom stereocenters. The summed E-state index contributed by atoms with van der Waals surface area (Å²) < 4.78 is 49.0. The molecule has 1 aliphatic heterocycles. The number of carbonyl (C=O) groups excluding carboxylic acids is 1. The zero-order valence-corrected chi connectivity index (χ0v) is 19.9. The van der Waals surface area contributed by atoms with Crippen molar-refractivity contribution in [1.29, 1.82) is 0 Å². The lowest BCUT2D eigenvalue weighted by atomic mass is 9.89. The van der Waals surface area contributed by atoms with Crippen LogP contribution < -0.4 is 4.74 Å². The molecule has 3 rings (SSSR count). The number of hydrogen-bond donors (Lipinski definition) is 1. The van der Waals surface area contributed by atoms with Crippen LogP contribution >= 0.6 is 0 Å². The predicted octanol–water partition coefficient (Wildman–Crippen LogP) is 5.40. The molecule has 6 nitrogen and oxygen atoms in total. The van der Waals surface area contributed by atoms with Gasteiger partial charge in [-0.2, -0.15) is 13.2 Å². The Balaban J connectivity index is 1.45. The quantitative estimate of drug-likeness (QED) is 0.180. The first-order chi connectivity index (χ1) is 16.6. The first kappa shape index (κ1) is 27.2. The van der Waals surface area contributed by atoms with Gasteiger partial charge in [0, 0.05) is 24.7 Å². The van der Waals surface area contributed by atoms with Gasteiger partial charge in [-0.3, -0.25) is 4.79 Å². The van der Waals surface area contributed by atoms with Crippen LogP contribution in [0.2, 0.25) is 0 Å². The van der Waals surface area contributed by atoms with Crippen molar-refractivity contribution >= 4 is 5.97 Å². The molecule has 0 spiro atoms. The van der Waals surface area contributed by atoms with Gasteiger partial charge in [-0.1, -0.05) is 30.4 Å². The summed E-state index contributed by atoms with van der Waals surface area (Å²) in [5.74, 6) is 0.0867. The molecule has 1 N–H and O–H groups in total. The zero-order chi connectivity index (χ0) is 25.4. The van der Waals surface area contributed by atoms with Crippen LogP contribution in [0.3, 0.4) is 0 Å². The largest absolute Gasteiger partial charge is 0.491 e. The lowest BCUT2D eigenvalue weighted by Gasteiger charge is -2.27. The number of allylic oxidation sites excluding steroid dienone is 2. The fraction of sp³-hybridized carbons (Fsp3) is 0.577. The molecule has 1 aliphatic carbocycles. The van der Waals surface area contributed by atoms with E-state index < -0.39 is 17.8 Å². The Labute approximate surface area is 203 Å². The number of aliphatic hydroxyl groups excluding tert-OH is 1. The Kier molecular flexibility index (Phi) is 9.77. The number of hydrogen-bond acceptors (Lipinski definition) is 6. The van der Waals surface area contributed by atoms with Gasteiger partial charge >= 0.3 is 12.1 Å². The van der Waals surface area contributed by atoms with Gasteiger partial charge in [-0.25, -0.2) is 9.78 Å². The van der Waals surface area contributed by atoms with Gasteiger partial charge in [0.15, 0.2) is 0 Å². The molecule has 194 valence electrons.